The molecule has 0 aliphatic carbocycles. The molecule has 2 N–H and O–H groups in total. The molecule has 0 bridgehead atoms. The van der Waals surface area contributed by atoms with E-state index in [-0.39, 0.29) is 0 Å². The minimum Gasteiger partial charge on any atom is -0.399 e. The number of halogens is 1. The van der Waals surface area contributed by atoms with Crippen molar-refractivity contribution in [3.05, 3.63) is 23.2 Å². The van der Waals surface area contributed by atoms with Gasteiger partial charge in [-0.3, -0.25) is 0 Å². The lowest BCUT2D eigenvalue weighted by molar-refractivity contribution is 1.44. The van der Waals surface area contributed by atoms with Crippen LogP contribution in [0.1, 0.15) is 0 Å². The van der Waals surface area contributed by atoms with Crippen LogP contribution in [-0.2, 0) is 0 Å². The van der Waals surface area contributed by atoms with E-state index in [1.807, 2.05) is 30.0 Å². The van der Waals surface area contributed by atoms with E-state index in [9.17, 15) is 0 Å². The number of benzene rings is 1. The SMILES string of the molecule is CSCCSc1cc(N)ccc1Cl. The smallest absolute Gasteiger partial charge is 0.0543 e. The molecule has 13 heavy (non-hydrogen) atoms. The van der Waals surface area contributed by atoms with Crippen molar-refractivity contribution in [2.24, 2.45) is 0 Å². The van der Waals surface area contributed by atoms with Crippen molar-refractivity contribution in [2.75, 3.05) is 23.5 Å². The van der Waals surface area contributed by atoms with E-state index in [2.05, 4.69) is 6.26 Å². The lowest BCUT2D eigenvalue weighted by Crippen LogP contribution is -1.87. The Morgan fingerprint density at radius 2 is 2.15 bits per heavy atom. The maximum absolute atomic E-state index is 5.99. The molecule has 0 amide bonds. The zero-order valence-electron chi connectivity index (χ0n) is 7.42. The molecule has 0 radical (unpaired) electrons. The van der Waals surface area contributed by atoms with Gasteiger partial charge in [0.15, 0.2) is 0 Å². The average Bonchev–Trinajstić information content (AvgIpc) is 2.11. The summed E-state index contributed by atoms with van der Waals surface area (Å²) in [6, 6.07) is 5.59. The van der Waals surface area contributed by atoms with Crippen LogP contribution in [-0.4, -0.2) is 17.8 Å². The Kier molecular flexibility index (Phi) is 4.84. The first-order valence-corrected chi connectivity index (χ1v) is 6.66. The Bertz CT molecular complexity index is 278. The highest BCUT2D eigenvalue weighted by Gasteiger charge is 2.00. The van der Waals surface area contributed by atoms with Crippen LogP contribution in [0, 0.1) is 0 Å². The largest absolute Gasteiger partial charge is 0.399 e. The minimum absolute atomic E-state index is 0.774. The molecule has 0 aliphatic rings. The predicted octanol–water partition coefficient (Wildman–Crippen LogP) is 3.38. The third-order valence-electron chi connectivity index (χ3n) is 1.50. The summed E-state index contributed by atoms with van der Waals surface area (Å²) in [5.74, 6) is 2.21. The van der Waals surface area contributed by atoms with Gasteiger partial charge in [0.05, 0.1) is 5.02 Å². The van der Waals surface area contributed by atoms with Gasteiger partial charge in [-0.15, -0.1) is 11.8 Å². The van der Waals surface area contributed by atoms with E-state index < -0.39 is 0 Å². The van der Waals surface area contributed by atoms with E-state index in [0.29, 0.717) is 0 Å². The average molecular weight is 234 g/mol. The van der Waals surface area contributed by atoms with Gasteiger partial charge in [0, 0.05) is 22.1 Å². The topological polar surface area (TPSA) is 26.0 Å². The zero-order chi connectivity index (χ0) is 9.68. The second kappa shape index (κ2) is 5.68. The molecule has 1 nitrogen and oxygen atoms in total. The molecule has 0 heterocycles. The molecule has 0 spiro atoms. The fourth-order valence-corrected chi connectivity index (χ4v) is 2.79. The Morgan fingerprint density at radius 3 is 2.85 bits per heavy atom. The fraction of sp³-hybridized carbons (Fsp3) is 0.333. The van der Waals surface area contributed by atoms with Crippen LogP contribution >= 0.6 is 35.1 Å². The van der Waals surface area contributed by atoms with E-state index in [1.165, 1.54) is 0 Å². The Labute approximate surface area is 92.4 Å². The monoisotopic (exact) mass is 233 g/mol. The van der Waals surface area contributed by atoms with Gasteiger partial charge in [-0.2, -0.15) is 11.8 Å². The first-order chi connectivity index (χ1) is 6.24. The first-order valence-electron chi connectivity index (χ1n) is 3.91. The number of hydrogen-bond donors (Lipinski definition) is 1. The molecule has 1 aromatic carbocycles. The van der Waals surface area contributed by atoms with Gasteiger partial charge in [0.2, 0.25) is 0 Å². The molecule has 0 saturated heterocycles. The van der Waals surface area contributed by atoms with Crippen LogP contribution in [0.2, 0.25) is 5.02 Å². The van der Waals surface area contributed by atoms with Crippen molar-refractivity contribution in [3.8, 4) is 0 Å². The first kappa shape index (κ1) is 11.1. The highest BCUT2D eigenvalue weighted by atomic mass is 35.5. The summed E-state index contributed by atoms with van der Waals surface area (Å²) in [5, 5.41) is 0.792. The second-order valence-electron chi connectivity index (χ2n) is 2.53. The maximum Gasteiger partial charge on any atom is 0.0543 e. The van der Waals surface area contributed by atoms with Crippen molar-refractivity contribution in [1.29, 1.82) is 0 Å². The lowest BCUT2D eigenvalue weighted by atomic mass is 10.3. The highest BCUT2D eigenvalue weighted by molar-refractivity contribution is 8.02. The van der Waals surface area contributed by atoms with Crippen molar-refractivity contribution in [2.45, 2.75) is 4.90 Å². The van der Waals surface area contributed by atoms with Crippen LogP contribution in [0.15, 0.2) is 23.1 Å². The quantitative estimate of drug-likeness (QED) is 0.491. The van der Waals surface area contributed by atoms with Crippen LogP contribution in [0.5, 0.6) is 0 Å². The summed E-state index contributed by atoms with van der Waals surface area (Å²) >= 11 is 9.58. The molecule has 4 heteroatoms. The molecule has 72 valence electrons. The molecule has 0 aromatic heterocycles. The van der Waals surface area contributed by atoms with Gasteiger partial charge in [-0.05, 0) is 24.5 Å². The molecule has 1 aromatic rings. The summed E-state index contributed by atoms with van der Waals surface area (Å²) in [7, 11) is 0. The van der Waals surface area contributed by atoms with Gasteiger partial charge in [0.25, 0.3) is 0 Å². The van der Waals surface area contributed by atoms with Gasteiger partial charge in [0.1, 0.15) is 0 Å². The van der Waals surface area contributed by atoms with Crippen molar-refractivity contribution in [1.82, 2.24) is 0 Å². The molecule has 1 rings (SSSR count). The normalized spacial score (nSPS) is 10.3. The van der Waals surface area contributed by atoms with Gasteiger partial charge in [-0.1, -0.05) is 11.6 Å². The highest BCUT2D eigenvalue weighted by Crippen LogP contribution is 2.29. The third-order valence-corrected chi connectivity index (χ3v) is 3.87. The molecule has 0 saturated carbocycles. The summed E-state index contributed by atoms with van der Waals surface area (Å²) in [6.07, 6.45) is 2.10. The number of thioether (sulfide) groups is 2. The summed E-state index contributed by atoms with van der Waals surface area (Å²) in [4.78, 5) is 1.08. The van der Waals surface area contributed by atoms with Gasteiger partial charge < -0.3 is 5.73 Å². The van der Waals surface area contributed by atoms with Crippen LogP contribution in [0.25, 0.3) is 0 Å². The molecular weight excluding hydrogens is 222 g/mol. The molecule has 0 atom stereocenters. The predicted molar refractivity (Wildman–Crippen MR) is 65.0 cm³/mol. The van der Waals surface area contributed by atoms with Gasteiger partial charge >= 0.3 is 0 Å². The van der Waals surface area contributed by atoms with E-state index >= 15 is 0 Å². The summed E-state index contributed by atoms with van der Waals surface area (Å²) in [6.45, 7) is 0. The molecule has 0 fully saturated rings. The van der Waals surface area contributed by atoms with Crippen LogP contribution in [0.3, 0.4) is 0 Å². The Balaban J connectivity index is 2.59. The number of nitrogen functional groups attached to an aromatic ring is 1. The van der Waals surface area contributed by atoms with Crippen molar-refractivity contribution >= 4 is 40.8 Å². The van der Waals surface area contributed by atoms with Crippen LogP contribution in [0.4, 0.5) is 5.69 Å². The number of rotatable bonds is 4. The van der Waals surface area contributed by atoms with E-state index in [0.717, 1.165) is 27.1 Å². The molecule has 0 unspecified atom stereocenters. The summed E-state index contributed by atoms with van der Waals surface area (Å²) < 4.78 is 0. The van der Waals surface area contributed by atoms with E-state index in [1.54, 1.807) is 11.8 Å². The van der Waals surface area contributed by atoms with Crippen molar-refractivity contribution < 1.29 is 0 Å². The second-order valence-corrected chi connectivity index (χ2v) is 5.06. The summed E-state index contributed by atoms with van der Waals surface area (Å²) in [5.41, 5.74) is 6.43. The lowest BCUT2D eigenvalue weighted by Gasteiger charge is -2.03. The Morgan fingerprint density at radius 1 is 1.38 bits per heavy atom. The van der Waals surface area contributed by atoms with Crippen LogP contribution < -0.4 is 5.73 Å². The number of nitrogens with two attached hydrogens (primary N) is 1. The zero-order valence-corrected chi connectivity index (χ0v) is 9.81. The molecule has 0 aliphatic heterocycles. The maximum atomic E-state index is 5.99. The van der Waals surface area contributed by atoms with E-state index in [4.69, 9.17) is 17.3 Å². The molecular formula is C9H12ClNS2. The minimum atomic E-state index is 0.774. The number of hydrogen-bond acceptors (Lipinski definition) is 3. The number of anilines is 1. The third kappa shape index (κ3) is 3.71. The Hall–Kier alpha value is 0.01000. The van der Waals surface area contributed by atoms with Gasteiger partial charge in [-0.25, -0.2) is 0 Å². The fourth-order valence-electron chi connectivity index (χ4n) is 0.866. The van der Waals surface area contributed by atoms with Crippen molar-refractivity contribution in [3.63, 3.8) is 0 Å². The standard InChI is InChI=1S/C9H12ClNS2/c1-12-4-5-13-9-6-7(11)2-3-8(9)10/h2-3,6H,4-5,11H2,1H3.